The van der Waals surface area contributed by atoms with Crippen molar-refractivity contribution >= 4 is 11.1 Å². The molecule has 3 aromatic heterocycles. The number of fused-ring (bicyclic) bond motifs is 1. The third-order valence-corrected chi connectivity index (χ3v) is 4.19. The summed E-state index contributed by atoms with van der Waals surface area (Å²) in [6, 6.07) is 11.4. The normalized spacial score (nSPS) is 11.5. The molecule has 0 radical (unpaired) electrons. The van der Waals surface area contributed by atoms with Crippen LogP contribution in [0.4, 0.5) is 0 Å². The fraction of sp³-hybridized carbons (Fsp3) is 0.263. The standard InChI is InChI=1S/C19H19N5O2/c1-13(2)24-18(21-17(22-24)10-14-6-5-9-20-11-14)12-23-15-7-3-4-8-16(15)26-19(23)25/h3-9,11,13H,10,12H2,1-2H3. The van der Waals surface area contributed by atoms with Gasteiger partial charge in [-0.1, -0.05) is 18.2 Å². The number of oxazole rings is 1. The molecule has 3 heterocycles. The van der Waals surface area contributed by atoms with Gasteiger partial charge >= 0.3 is 5.76 Å². The molecule has 0 amide bonds. The maximum Gasteiger partial charge on any atom is 0.420 e. The predicted molar refractivity (Wildman–Crippen MR) is 97.0 cm³/mol. The first kappa shape index (κ1) is 16.3. The molecule has 0 saturated carbocycles. The molecule has 4 rings (SSSR count). The third kappa shape index (κ3) is 3.03. The summed E-state index contributed by atoms with van der Waals surface area (Å²) in [5.74, 6) is 1.05. The number of para-hydroxylation sites is 2. The molecule has 0 saturated heterocycles. The SMILES string of the molecule is CC(C)n1nc(Cc2cccnc2)nc1Cn1c(=O)oc2ccccc21. The average Bonchev–Trinajstić information content (AvgIpc) is 3.17. The van der Waals surface area contributed by atoms with Crippen LogP contribution < -0.4 is 5.76 Å². The fourth-order valence-electron chi connectivity index (χ4n) is 2.99. The summed E-state index contributed by atoms with van der Waals surface area (Å²) >= 11 is 0. The highest BCUT2D eigenvalue weighted by Gasteiger charge is 2.17. The molecule has 0 bridgehead atoms. The van der Waals surface area contributed by atoms with Crippen molar-refractivity contribution in [3.8, 4) is 0 Å². The van der Waals surface area contributed by atoms with Crippen LogP contribution in [0.1, 0.15) is 37.1 Å². The van der Waals surface area contributed by atoms with Crippen LogP contribution in [0.2, 0.25) is 0 Å². The molecular formula is C19H19N5O2. The molecule has 26 heavy (non-hydrogen) atoms. The van der Waals surface area contributed by atoms with Crippen molar-refractivity contribution in [3.63, 3.8) is 0 Å². The van der Waals surface area contributed by atoms with E-state index in [4.69, 9.17) is 4.42 Å². The van der Waals surface area contributed by atoms with E-state index in [0.717, 1.165) is 16.9 Å². The van der Waals surface area contributed by atoms with Crippen molar-refractivity contribution in [1.29, 1.82) is 0 Å². The Hall–Kier alpha value is -3.22. The van der Waals surface area contributed by atoms with Gasteiger partial charge in [0, 0.05) is 24.9 Å². The van der Waals surface area contributed by atoms with Crippen molar-refractivity contribution in [2.45, 2.75) is 32.9 Å². The van der Waals surface area contributed by atoms with Crippen molar-refractivity contribution in [1.82, 2.24) is 24.3 Å². The van der Waals surface area contributed by atoms with Crippen LogP contribution in [0.15, 0.2) is 58.0 Å². The zero-order valence-electron chi connectivity index (χ0n) is 14.7. The Labute approximate surface area is 149 Å². The Morgan fingerprint density at radius 3 is 2.77 bits per heavy atom. The molecule has 4 aromatic rings. The highest BCUT2D eigenvalue weighted by molar-refractivity contribution is 5.72. The van der Waals surface area contributed by atoms with Crippen LogP contribution in [-0.4, -0.2) is 24.3 Å². The average molecular weight is 349 g/mol. The van der Waals surface area contributed by atoms with Gasteiger partial charge in [-0.15, -0.1) is 0 Å². The van der Waals surface area contributed by atoms with Gasteiger partial charge < -0.3 is 4.42 Å². The first-order valence-electron chi connectivity index (χ1n) is 8.53. The molecular weight excluding hydrogens is 330 g/mol. The maximum absolute atomic E-state index is 12.3. The summed E-state index contributed by atoms with van der Waals surface area (Å²) in [6.45, 7) is 4.40. The lowest BCUT2D eigenvalue weighted by molar-refractivity contribution is 0.475. The van der Waals surface area contributed by atoms with Gasteiger partial charge in [-0.05, 0) is 37.6 Å². The van der Waals surface area contributed by atoms with Gasteiger partial charge in [0.2, 0.25) is 0 Å². The molecule has 7 heteroatoms. The largest absolute Gasteiger partial charge is 0.420 e. The first-order valence-corrected chi connectivity index (χ1v) is 8.53. The summed E-state index contributed by atoms with van der Waals surface area (Å²) in [4.78, 5) is 21.1. The fourth-order valence-corrected chi connectivity index (χ4v) is 2.99. The minimum Gasteiger partial charge on any atom is -0.408 e. The summed E-state index contributed by atoms with van der Waals surface area (Å²) < 4.78 is 8.77. The molecule has 1 aromatic carbocycles. The number of rotatable bonds is 5. The minimum atomic E-state index is -0.390. The Kier molecular flexibility index (Phi) is 4.12. The van der Waals surface area contributed by atoms with Gasteiger partial charge in [-0.2, -0.15) is 5.10 Å². The lowest BCUT2D eigenvalue weighted by atomic mass is 10.2. The van der Waals surface area contributed by atoms with Crippen molar-refractivity contribution in [2.24, 2.45) is 0 Å². The zero-order chi connectivity index (χ0) is 18.1. The van der Waals surface area contributed by atoms with Gasteiger partial charge in [-0.3, -0.25) is 9.55 Å². The van der Waals surface area contributed by atoms with E-state index in [9.17, 15) is 4.79 Å². The van der Waals surface area contributed by atoms with E-state index in [1.807, 2.05) is 55.1 Å². The van der Waals surface area contributed by atoms with Gasteiger partial charge in [-0.25, -0.2) is 14.5 Å². The Bertz CT molecular complexity index is 1090. The topological polar surface area (TPSA) is 78.7 Å². The van der Waals surface area contributed by atoms with E-state index in [-0.39, 0.29) is 6.04 Å². The number of hydrogen-bond acceptors (Lipinski definition) is 5. The molecule has 0 aliphatic rings. The van der Waals surface area contributed by atoms with Crippen LogP contribution >= 0.6 is 0 Å². The van der Waals surface area contributed by atoms with Crippen LogP contribution in [0, 0.1) is 0 Å². The van der Waals surface area contributed by atoms with E-state index < -0.39 is 5.76 Å². The molecule has 0 unspecified atom stereocenters. The van der Waals surface area contributed by atoms with E-state index >= 15 is 0 Å². The monoisotopic (exact) mass is 349 g/mol. The van der Waals surface area contributed by atoms with Crippen LogP contribution in [0.3, 0.4) is 0 Å². The van der Waals surface area contributed by atoms with E-state index in [0.29, 0.717) is 24.4 Å². The number of nitrogens with zero attached hydrogens (tertiary/aromatic N) is 5. The van der Waals surface area contributed by atoms with Crippen LogP contribution in [0.25, 0.3) is 11.1 Å². The number of hydrogen-bond donors (Lipinski definition) is 0. The highest BCUT2D eigenvalue weighted by Crippen LogP contribution is 2.16. The second kappa shape index (κ2) is 6.59. The number of benzene rings is 1. The summed E-state index contributed by atoms with van der Waals surface area (Å²) in [5.41, 5.74) is 2.37. The lowest BCUT2D eigenvalue weighted by Crippen LogP contribution is -2.19. The summed E-state index contributed by atoms with van der Waals surface area (Å²) in [6.07, 6.45) is 4.15. The smallest absolute Gasteiger partial charge is 0.408 e. The van der Waals surface area contributed by atoms with E-state index in [2.05, 4.69) is 15.1 Å². The number of aromatic nitrogens is 5. The second-order valence-electron chi connectivity index (χ2n) is 6.44. The van der Waals surface area contributed by atoms with Gasteiger partial charge in [0.05, 0.1) is 12.1 Å². The van der Waals surface area contributed by atoms with E-state index in [1.54, 1.807) is 16.8 Å². The van der Waals surface area contributed by atoms with Crippen molar-refractivity contribution < 1.29 is 4.42 Å². The lowest BCUT2D eigenvalue weighted by Gasteiger charge is -2.09. The first-order chi connectivity index (χ1) is 12.6. The van der Waals surface area contributed by atoms with E-state index in [1.165, 1.54) is 0 Å². The Balaban J connectivity index is 1.71. The van der Waals surface area contributed by atoms with Gasteiger partial charge in [0.1, 0.15) is 5.82 Å². The van der Waals surface area contributed by atoms with Crippen molar-refractivity contribution in [3.05, 3.63) is 76.6 Å². The van der Waals surface area contributed by atoms with Crippen LogP contribution in [-0.2, 0) is 13.0 Å². The third-order valence-electron chi connectivity index (χ3n) is 4.19. The molecule has 132 valence electrons. The summed E-state index contributed by atoms with van der Waals surface area (Å²) in [7, 11) is 0. The van der Waals surface area contributed by atoms with Gasteiger partial charge in [0.25, 0.3) is 0 Å². The van der Waals surface area contributed by atoms with Gasteiger partial charge in [0.15, 0.2) is 11.4 Å². The highest BCUT2D eigenvalue weighted by atomic mass is 16.4. The molecule has 0 aliphatic carbocycles. The Morgan fingerprint density at radius 1 is 1.15 bits per heavy atom. The van der Waals surface area contributed by atoms with Crippen LogP contribution in [0.5, 0.6) is 0 Å². The number of pyridine rings is 1. The second-order valence-corrected chi connectivity index (χ2v) is 6.44. The summed E-state index contributed by atoms with van der Waals surface area (Å²) in [5, 5.41) is 4.63. The molecule has 0 spiro atoms. The Morgan fingerprint density at radius 2 is 2.00 bits per heavy atom. The maximum atomic E-state index is 12.3. The molecule has 0 fully saturated rings. The molecule has 0 aliphatic heterocycles. The predicted octanol–water partition coefficient (Wildman–Crippen LogP) is 2.80. The molecule has 0 N–H and O–H groups in total. The molecule has 0 atom stereocenters. The van der Waals surface area contributed by atoms with Crippen molar-refractivity contribution in [2.75, 3.05) is 0 Å². The minimum absolute atomic E-state index is 0.133. The zero-order valence-corrected chi connectivity index (χ0v) is 14.7. The quantitative estimate of drug-likeness (QED) is 0.553. The molecule has 7 nitrogen and oxygen atoms in total.